The van der Waals surface area contributed by atoms with Crippen LogP contribution in [0.4, 0.5) is 0 Å². The lowest BCUT2D eigenvalue weighted by Crippen LogP contribution is -2.56. The van der Waals surface area contributed by atoms with Gasteiger partial charge < -0.3 is 19.7 Å². The van der Waals surface area contributed by atoms with E-state index in [1.807, 2.05) is 0 Å². The number of aliphatic hydroxyl groups is 2. The minimum atomic E-state index is -1.58. The Morgan fingerprint density at radius 2 is 1.92 bits per heavy atom. The van der Waals surface area contributed by atoms with Crippen LogP contribution >= 0.6 is 0 Å². The van der Waals surface area contributed by atoms with Crippen LogP contribution in [-0.2, 0) is 14.6 Å². The topological polar surface area (TPSA) is 78.8 Å². The molecular formula is C7H13O5. The van der Waals surface area contributed by atoms with Crippen LogP contribution in [0.5, 0.6) is 0 Å². The molecular weight excluding hydrogens is 164 g/mol. The van der Waals surface area contributed by atoms with Gasteiger partial charge in [-0.1, -0.05) is 0 Å². The number of hydrogen-bond donors (Lipinski definition) is 2. The largest absolute Gasteiger partial charge is 0.387 e. The van der Waals surface area contributed by atoms with Gasteiger partial charge in [-0.25, -0.2) is 0 Å². The second-order valence-electron chi connectivity index (χ2n) is 2.89. The van der Waals surface area contributed by atoms with Crippen molar-refractivity contribution in [2.45, 2.75) is 37.6 Å². The maximum Gasteiger partial charge on any atom is 0.220 e. The molecule has 1 saturated heterocycles. The summed E-state index contributed by atoms with van der Waals surface area (Å²) in [4.78, 5) is 0. The predicted octanol–water partition coefficient (Wildman–Crippen LogP) is -1.10. The van der Waals surface area contributed by atoms with Crippen molar-refractivity contribution in [3.05, 3.63) is 0 Å². The first-order chi connectivity index (χ1) is 5.57. The first-order valence-corrected chi connectivity index (χ1v) is 3.78. The minimum absolute atomic E-state index is 0.490. The summed E-state index contributed by atoms with van der Waals surface area (Å²) < 4.78 is 9.64. The number of ether oxygens (including phenoxy) is 2. The standard InChI is InChI=1S/C7H13O5/c1-3-6(11-2)4(8)5(9)7(10)12-3/h3-9H,1-2H3/t3-,4-,5-,6-,7-/m1/s1. The molecule has 1 rings (SSSR count). The van der Waals surface area contributed by atoms with E-state index >= 15 is 0 Å². The van der Waals surface area contributed by atoms with Crippen molar-refractivity contribution in [1.29, 1.82) is 0 Å². The lowest BCUT2D eigenvalue weighted by atomic mass is 10.00. The average molecular weight is 177 g/mol. The van der Waals surface area contributed by atoms with Crippen LogP contribution in [0, 0.1) is 0 Å². The summed E-state index contributed by atoms with van der Waals surface area (Å²) in [6.07, 6.45) is -5.28. The molecule has 0 bridgehead atoms. The van der Waals surface area contributed by atoms with Crippen molar-refractivity contribution in [2.24, 2.45) is 0 Å². The molecule has 0 aliphatic carbocycles. The fraction of sp³-hybridized carbons (Fsp3) is 1.00. The van der Waals surface area contributed by atoms with Crippen molar-refractivity contribution in [1.82, 2.24) is 0 Å². The van der Waals surface area contributed by atoms with E-state index in [0.29, 0.717) is 0 Å². The van der Waals surface area contributed by atoms with Gasteiger partial charge in [0.2, 0.25) is 6.29 Å². The van der Waals surface area contributed by atoms with Crippen LogP contribution in [0.25, 0.3) is 0 Å². The van der Waals surface area contributed by atoms with Crippen molar-refractivity contribution < 1.29 is 24.8 Å². The van der Waals surface area contributed by atoms with E-state index in [9.17, 15) is 10.2 Å². The SMILES string of the molecule is CO[C@H]1[C@H](O)[C@@H](O)[C@H]([O])O[C@@H]1C. The first-order valence-electron chi connectivity index (χ1n) is 3.78. The number of rotatable bonds is 1. The zero-order valence-electron chi connectivity index (χ0n) is 7.01. The third-order valence-corrected chi connectivity index (χ3v) is 2.05. The van der Waals surface area contributed by atoms with E-state index in [1.165, 1.54) is 7.11 Å². The van der Waals surface area contributed by atoms with Gasteiger partial charge >= 0.3 is 0 Å². The summed E-state index contributed by atoms with van der Waals surface area (Å²) in [5.74, 6) is 0. The van der Waals surface area contributed by atoms with E-state index < -0.39 is 30.7 Å². The van der Waals surface area contributed by atoms with E-state index in [4.69, 9.17) is 14.6 Å². The van der Waals surface area contributed by atoms with Crippen LogP contribution < -0.4 is 0 Å². The van der Waals surface area contributed by atoms with Crippen LogP contribution in [0.1, 0.15) is 6.92 Å². The molecule has 5 atom stereocenters. The predicted molar refractivity (Wildman–Crippen MR) is 37.8 cm³/mol. The summed E-state index contributed by atoms with van der Waals surface area (Å²) in [6.45, 7) is 1.62. The molecule has 1 fully saturated rings. The van der Waals surface area contributed by atoms with Crippen LogP contribution in [0.3, 0.4) is 0 Å². The molecule has 1 heterocycles. The van der Waals surface area contributed by atoms with E-state index in [1.54, 1.807) is 6.92 Å². The first kappa shape index (κ1) is 9.88. The molecule has 12 heavy (non-hydrogen) atoms. The molecule has 0 aromatic rings. The summed E-state index contributed by atoms with van der Waals surface area (Å²) in [7, 11) is 1.39. The average Bonchev–Trinajstić information content (AvgIpc) is 2.01. The molecule has 0 saturated carbocycles. The summed E-state index contributed by atoms with van der Waals surface area (Å²) in [5.41, 5.74) is 0. The number of aliphatic hydroxyl groups excluding tert-OH is 2. The molecule has 0 aromatic carbocycles. The Hall–Kier alpha value is -0.200. The molecule has 1 aliphatic heterocycles. The molecule has 0 unspecified atom stereocenters. The van der Waals surface area contributed by atoms with Gasteiger partial charge in [-0.2, -0.15) is 5.11 Å². The van der Waals surface area contributed by atoms with E-state index in [2.05, 4.69) is 0 Å². The zero-order chi connectivity index (χ0) is 9.30. The monoisotopic (exact) mass is 177 g/mol. The van der Waals surface area contributed by atoms with Crippen LogP contribution in [-0.4, -0.2) is 48.0 Å². The minimum Gasteiger partial charge on any atom is -0.387 e. The fourth-order valence-corrected chi connectivity index (χ4v) is 1.33. The van der Waals surface area contributed by atoms with Crippen molar-refractivity contribution >= 4 is 0 Å². The summed E-state index contributed by atoms with van der Waals surface area (Å²) in [6, 6.07) is 0. The van der Waals surface area contributed by atoms with Crippen molar-refractivity contribution in [2.75, 3.05) is 7.11 Å². The highest BCUT2D eigenvalue weighted by Gasteiger charge is 2.42. The smallest absolute Gasteiger partial charge is 0.220 e. The molecule has 5 nitrogen and oxygen atoms in total. The molecule has 0 spiro atoms. The van der Waals surface area contributed by atoms with Gasteiger partial charge in [-0.05, 0) is 6.92 Å². The molecule has 0 aromatic heterocycles. The van der Waals surface area contributed by atoms with E-state index in [-0.39, 0.29) is 0 Å². The molecule has 71 valence electrons. The second-order valence-corrected chi connectivity index (χ2v) is 2.89. The van der Waals surface area contributed by atoms with Gasteiger partial charge in [0.05, 0.1) is 6.10 Å². The Bertz CT molecular complexity index is 151. The Balaban J connectivity index is 2.65. The lowest BCUT2D eigenvalue weighted by Gasteiger charge is -2.37. The third-order valence-electron chi connectivity index (χ3n) is 2.05. The van der Waals surface area contributed by atoms with E-state index in [0.717, 1.165) is 0 Å². The van der Waals surface area contributed by atoms with Gasteiger partial charge in [-0.3, -0.25) is 0 Å². The highest BCUT2D eigenvalue weighted by atomic mass is 16.6. The normalized spacial score (nSPS) is 49.2. The van der Waals surface area contributed by atoms with Gasteiger partial charge in [0.15, 0.2) is 0 Å². The molecule has 0 amide bonds. The molecule has 2 N–H and O–H groups in total. The van der Waals surface area contributed by atoms with Crippen molar-refractivity contribution in [3.8, 4) is 0 Å². The fourth-order valence-electron chi connectivity index (χ4n) is 1.33. The Morgan fingerprint density at radius 1 is 1.33 bits per heavy atom. The Morgan fingerprint density at radius 3 is 2.42 bits per heavy atom. The van der Waals surface area contributed by atoms with Crippen molar-refractivity contribution in [3.63, 3.8) is 0 Å². The molecule has 5 heteroatoms. The third kappa shape index (κ3) is 1.60. The van der Waals surface area contributed by atoms with Crippen LogP contribution in [0.2, 0.25) is 0 Å². The molecule has 1 radical (unpaired) electrons. The lowest BCUT2D eigenvalue weighted by molar-refractivity contribution is -0.299. The quantitative estimate of drug-likeness (QED) is 0.532. The maximum absolute atomic E-state index is 10.9. The van der Waals surface area contributed by atoms with Gasteiger partial charge in [0.1, 0.15) is 18.3 Å². The molecule has 1 aliphatic rings. The van der Waals surface area contributed by atoms with Gasteiger partial charge in [-0.15, -0.1) is 0 Å². The highest BCUT2D eigenvalue weighted by molar-refractivity contribution is 4.87. The maximum atomic E-state index is 10.9. The zero-order valence-corrected chi connectivity index (χ0v) is 7.01. The summed E-state index contributed by atoms with van der Waals surface area (Å²) >= 11 is 0. The Labute approximate surface area is 70.5 Å². The summed E-state index contributed by atoms with van der Waals surface area (Å²) in [5, 5.41) is 29.3. The van der Waals surface area contributed by atoms with Crippen LogP contribution in [0.15, 0.2) is 0 Å². The van der Waals surface area contributed by atoms with Gasteiger partial charge in [0.25, 0.3) is 0 Å². The second kappa shape index (κ2) is 3.68. The highest BCUT2D eigenvalue weighted by Crippen LogP contribution is 2.21. The van der Waals surface area contributed by atoms with Gasteiger partial charge in [0, 0.05) is 7.11 Å². The Kier molecular flexibility index (Phi) is 3.03. The number of methoxy groups -OCH3 is 1. The number of hydrogen-bond acceptors (Lipinski definition) is 4.